The number of alkyl halides is 3. The third-order valence-corrected chi connectivity index (χ3v) is 7.35. The Hall–Kier alpha value is -3.03. The lowest BCUT2D eigenvalue weighted by atomic mass is 9.76. The summed E-state index contributed by atoms with van der Waals surface area (Å²) in [5.41, 5.74) is -2.01. The Bertz CT molecular complexity index is 1270. The predicted octanol–water partition coefficient (Wildman–Crippen LogP) is 10.5. The van der Waals surface area contributed by atoms with Crippen molar-refractivity contribution in [2.45, 2.75) is 70.9 Å². The Balaban J connectivity index is 1.67. The molecule has 0 atom stereocenters. The van der Waals surface area contributed by atoms with Crippen molar-refractivity contribution >= 4 is 0 Å². The first kappa shape index (κ1) is 28.0. The van der Waals surface area contributed by atoms with Gasteiger partial charge in [0.15, 0.2) is 11.6 Å². The van der Waals surface area contributed by atoms with Crippen LogP contribution in [-0.4, -0.2) is 0 Å². The maximum atomic E-state index is 15.8. The zero-order valence-corrected chi connectivity index (χ0v) is 21.2. The van der Waals surface area contributed by atoms with E-state index >= 15 is 8.78 Å². The van der Waals surface area contributed by atoms with Gasteiger partial charge in [0.05, 0.1) is 0 Å². The minimum absolute atomic E-state index is 0.0334. The highest BCUT2D eigenvalue weighted by Gasteiger charge is 2.38. The fourth-order valence-corrected chi connectivity index (χ4v) is 5.37. The number of hydrogen-bond donors (Lipinski definition) is 0. The summed E-state index contributed by atoms with van der Waals surface area (Å²) in [5, 5.41) is 0. The molecule has 0 heterocycles. The van der Waals surface area contributed by atoms with E-state index in [1.165, 1.54) is 37.3 Å². The van der Waals surface area contributed by atoms with Crippen molar-refractivity contribution in [2.75, 3.05) is 0 Å². The van der Waals surface area contributed by atoms with E-state index < -0.39 is 35.0 Å². The maximum Gasteiger partial charge on any atom is 0.422 e. The lowest BCUT2D eigenvalue weighted by molar-refractivity contribution is -0.142. The monoisotopic (exact) mass is 538 g/mol. The highest BCUT2D eigenvalue weighted by molar-refractivity contribution is 5.71. The van der Waals surface area contributed by atoms with Crippen molar-refractivity contribution < 1.29 is 35.5 Å². The van der Waals surface area contributed by atoms with Gasteiger partial charge in [-0.2, -0.15) is 13.2 Å². The van der Waals surface area contributed by atoms with Crippen LogP contribution < -0.4 is 4.74 Å². The van der Waals surface area contributed by atoms with E-state index in [1.54, 1.807) is 0 Å². The SMILES string of the molecule is CCCC[C@H]1CC[C@H](c2c(F)cc(C)c(Oc3ccccc3-c3cc(F)c(C(F)(F)F)c(F)c3)c2F)CC1. The van der Waals surface area contributed by atoms with Crippen molar-refractivity contribution in [3.63, 3.8) is 0 Å². The fourth-order valence-electron chi connectivity index (χ4n) is 5.37. The highest BCUT2D eigenvalue weighted by atomic mass is 19.4. The summed E-state index contributed by atoms with van der Waals surface area (Å²) in [7, 11) is 0. The number of hydrogen-bond acceptors (Lipinski definition) is 1. The van der Waals surface area contributed by atoms with E-state index in [2.05, 4.69) is 6.92 Å². The lowest BCUT2D eigenvalue weighted by Gasteiger charge is -2.29. The van der Waals surface area contributed by atoms with Crippen LogP contribution in [0.5, 0.6) is 11.5 Å². The molecule has 1 fully saturated rings. The number of rotatable bonds is 7. The molecule has 3 aromatic carbocycles. The second-order valence-electron chi connectivity index (χ2n) is 10.0. The molecule has 0 aromatic heterocycles. The Kier molecular flexibility index (Phi) is 8.38. The van der Waals surface area contributed by atoms with Crippen molar-refractivity contribution in [1.29, 1.82) is 0 Å². The van der Waals surface area contributed by atoms with Crippen molar-refractivity contribution in [2.24, 2.45) is 5.92 Å². The number of halogens is 7. The van der Waals surface area contributed by atoms with Gasteiger partial charge in [0.1, 0.15) is 28.8 Å². The van der Waals surface area contributed by atoms with Crippen LogP contribution in [0.3, 0.4) is 0 Å². The molecule has 0 amide bonds. The van der Waals surface area contributed by atoms with E-state index in [0.29, 0.717) is 30.9 Å². The molecule has 3 aromatic rings. The zero-order chi connectivity index (χ0) is 27.6. The molecule has 0 aliphatic heterocycles. The molecule has 4 rings (SSSR count). The van der Waals surface area contributed by atoms with Gasteiger partial charge in [-0.15, -0.1) is 0 Å². The quantitative estimate of drug-likeness (QED) is 0.272. The van der Waals surface area contributed by atoms with Gasteiger partial charge in [0.2, 0.25) is 0 Å². The fraction of sp³-hybridized carbons (Fsp3) is 0.400. The van der Waals surface area contributed by atoms with E-state index in [1.807, 2.05) is 0 Å². The van der Waals surface area contributed by atoms with Gasteiger partial charge in [0.25, 0.3) is 0 Å². The molecule has 1 aliphatic rings. The summed E-state index contributed by atoms with van der Waals surface area (Å²) >= 11 is 0. The molecule has 38 heavy (non-hydrogen) atoms. The van der Waals surface area contributed by atoms with Crippen LogP contribution >= 0.6 is 0 Å². The number of unbranched alkanes of at least 4 members (excludes halogenated alkanes) is 1. The Morgan fingerprint density at radius 2 is 1.50 bits per heavy atom. The van der Waals surface area contributed by atoms with Crippen LogP contribution in [0.25, 0.3) is 11.1 Å². The summed E-state index contributed by atoms with van der Waals surface area (Å²) in [6, 6.07) is 8.17. The van der Waals surface area contributed by atoms with E-state index in [9.17, 15) is 22.0 Å². The van der Waals surface area contributed by atoms with E-state index in [0.717, 1.165) is 32.1 Å². The molecule has 1 saturated carbocycles. The van der Waals surface area contributed by atoms with Gasteiger partial charge in [-0.25, -0.2) is 17.6 Å². The van der Waals surface area contributed by atoms with Gasteiger partial charge in [-0.1, -0.05) is 44.4 Å². The molecule has 1 nitrogen and oxygen atoms in total. The lowest BCUT2D eigenvalue weighted by Crippen LogP contribution is -2.16. The minimum Gasteiger partial charge on any atom is -0.453 e. The molecule has 0 spiro atoms. The molecule has 0 saturated heterocycles. The normalized spacial score (nSPS) is 18.0. The number of benzene rings is 3. The Morgan fingerprint density at radius 3 is 2.11 bits per heavy atom. The van der Waals surface area contributed by atoms with Gasteiger partial charge in [-0.05, 0) is 79.8 Å². The first-order valence-corrected chi connectivity index (χ1v) is 12.8. The summed E-state index contributed by atoms with van der Waals surface area (Å²) in [6.07, 6.45) is 1.24. The third kappa shape index (κ3) is 5.84. The zero-order valence-electron chi connectivity index (χ0n) is 21.2. The van der Waals surface area contributed by atoms with Gasteiger partial charge >= 0.3 is 6.18 Å². The highest BCUT2D eigenvalue weighted by Crippen LogP contribution is 2.44. The molecular formula is C30H29F7O. The largest absolute Gasteiger partial charge is 0.453 e. The van der Waals surface area contributed by atoms with Gasteiger partial charge in [-0.3, -0.25) is 0 Å². The van der Waals surface area contributed by atoms with Crippen LogP contribution in [-0.2, 0) is 6.18 Å². The van der Waals surface area contributed by atoms with Crippen molar-refractivity contribution in [3.05, 3.63) is 82.4 Å². The second-order valence-corrected chi connectivity index (χ2v) is 10.0. The van der Waals surface area contributed by atoms with Gasteiger partial charge < -0.3 is 4.74 Å². The Labute approximate surface area is 217 Å². The second kappa shape index (κ2) is 11.4. The average Bonchev–Trinajstić information content (AvgIpc) is 2.85. The number of aryl methyl sites for hydroxylation is 1. The number of ether oxygens (including phenoxy) is 1. The molecule has 204 valence electrons. The van der Waals surface area contributed by atoms with Crippen LogP contribution in [0.15, 0.2) is 42.5 Å². The molecule has 0 radical (unpaired) electrons. The summed E-state index contributed by atoms with van der Waals surface area (Å²) in [5.74, 6) is -5.04. The van der Waals surface area contributed by atoms with E-state index in [4.69, 9.17) is 4.74 Å². The smallest absolute Gasteiger partial charge is 0.422 e. The van der Waals surface area contributed by atoms with Crippen LogP contribution in [0.1, 0.15) is 74.5 Å². The molecule has 8 heteroatoms. The van der Waals surface area contributed by atoms with E-state index in [-0.39, 0.29) is 39.7 Å². The average molecular weight is 539 g/mol. The van der Waals surface area contributed by atoms with Crippen molar-refractivity contribution in [1.82, 2.24) is 0 Å². The van der Waals surface area contributed by atoms with Gasteiger partial charge in [0, 0.05) is 11.1 Å². The van der Waals surface area contributed by atoms with Crippen molar-refractivity contribution in [3.8, 4) is 22.6 Å². The minimum atomic E-state index is -5.21. The third-order valence-electron chi connectivity index (χ3n) is 7.35. The molecule has 1 aliphatic carbocycles. The maximum absolute atomic E-state index is 15.8. The summed E-state index contributed by atoms with van der Waals surface area (Å²) in [4.78, 5) is 0. The number of para-hydroxylation sites is 1. The molecule has 0 bridgehead atoms. The predicted molar refractivity (Wildman–Crippen MR) is 132 cm³/mol. The first-order chi connectivity index (χ1) is 18.0. The summed E-state index contributed by atoms with van der Waals surface area (Å²) in [6.45, 7) is 3.61. The molecule has 0 unspecified atom stereocenters. The Morgan fingerprint density at radius 1 is 0.868 bits per heavy atom. The first-order valence-electron chi connectivity index (χ1n) is 12.8. The standard InChI is InChI=1S/C30H29F7O/c1-3-4-7-18-10-12-19(13-11-18)26-22(31)14-17(2)29(28(26)34)38-25-9-6-5-8-21(25)20-15-23(32)27(24(33)16-20)30(35,36)37/h5-6,8-9,14-16,18-19H,3-4,7,10-13H2,1-2H3/t18-,19-. The van der Waals surface area contributed by atoms with Crippen LogP contribution in [0.4, 0.5) is 30.7 Å². The van der Waals surface area contributed by atoms with Crippen LogP contribution in [0, 0.1) is 36.1 Å². The molecular weight excluding hydrogens is 509 g/mol. The molecule has 0 N–H and O–H groups in total. The van der Waals surface area contributed by atoms with Crippen LogP contribution in [0.2, 0.25) is 0 Å². The summed E-state index contributed by atoms with van der Waals surface area (Å²) < 4.78 is 104. The topological polar surface area (TPSA) is 9.23 Å².